The Labute approximate surface area is 196 Å². The summed E-state index contributed by atoms with van der Waals surface area (Å²) in [6.45, 7) is 9.86. The van der Waals surface area contributed by atoms with Crippen LogP contribution < -0.4 is 14.8 Å². The molecule has 3 aromatic rings. The number of hydrogen-bond donors (Lipinski definition) is 2. The summed E-state index contributed by atoms with van der Waals surface area (Å²) in [5.41, 5.74) is 3.81. The first-order valence-electron chi connectivity index (χ1n) is 10.6. The summed E-state index contributed by atoms with van der Waals surface area (Å²) in [6.07, 6.45) is 0. The van der Waals surface area contributed by atoms with E-state index in [1.54, 1.807) is 69.5 Å². The third kappa shape index (κ3) is 5.73. The predicted octanol–water partition coefficient (Wildman–Crippen LogP) is 5.66. The lowest BCUT2D eigenvalue weighted by Crippen LogP contribution is -2.16. The van der Waals surface area contributed by atoms with Crippen molar-refractivity contribution < 1.29 is 17.9 Å². The normalized spacial score (nSPS) is 11.7. The molecule has 1 amide bonds. The van der Waals surface area contributed by atoms with E-state index in [2.05, 4.69) is 30.8 Å². The first kappa shape index (κ1) is 24.3. The molecule has 0 spiro atoms. The van der Waals surface area contributed by atoms with Crippen LogP contribution in [0.2, 0.25) is 0 Å². The number of carbonyl (C=O) groups is 1. The van der Waals surface area contributed by atoms with Crippen molar-refractivity contribution in [3.8, 4) is 5.75 Å². The molecule has 0 aromatic heterocycles. The number of hydrogen-bond acceptors (Lipinski definition) is 4. The number of anilines is 2. The number of methoxy groups -OCH3 is 1. The highest BCUT2D eigenvalue weighted by atomic mass is 32.2. The number of carbonyl (C=O) groups excluding carboxylic acids is 1. The van der Waals surface area contributed by atoms with Gasteiger partial charge in [0.1, 0.15) is 5.75 Å². The van der Waals surface area contributed by atoms with Gasteiger partial charge in [0.15, 0.2) is 0 Å². The summed E-state index contributed by atoms with van der Waals surface area (Å²) in [7, 11) is -2.28. The number of rotatable bonds is 6. The molecule has 0 unspecified atom stereocenters. The molecule has 33 heavy (non-hydrogen) atoms. The van der Waals surface area contributed by atoms with Crippen LogP contribution in [0.3, 0.4) is 0 Å². The predicted molar refractivity (Wildman–Crippen MR) is 133 cm³/mol. The summed E-state index contributed by atoms with van der Waals surface area (Å²) in [5, 5.41) is 2.83. The van der Waals surface area contributed by atoms with E-state index in [1.165, 1.54) is 0 Å². The monoisotopic (exact) mass is 466 g/mol. The van der Waals surface area contributed by atoms with Crippen LogP contribution in [0, 0.1) is 13.8 Å². The Hall–Kier alpha value is -3.32. The van der Waals surface area contributed by atoms with Gasteiger partial charge in [0.2, 0.25) is 0 Å². The Balaban J connectivity index is 1.78. The minimum atomic E-state index is -3.83. The summed E-state index contributed by atoms with van der Waals surface area (Å²) in [5.74, 6) is 0.365. The molecule has 3 aromatic carbocycles. The van der Waals surface area contributed by atoms with Crippen molar-refractivity contribution in [3.63, 3.8) is 0 Å². The minimum absolute atomic E-state index is 0.00127. The number of sulfonamides is 1. The van der Waals surface area contributed by atoms with Crippen LogP contribution >= 0.6 is 0 Å². The van der Waals surface area contributed by atoms with Crippen LogP contribution in [0.5, 0.6) is 5.75 Å². The molecule has 0 radical (unpaired) electrons. The van der Waals surface area contributed by atoms with E-state index in [9.17, 15) is 13.2 Å². The van der Waals surface area contributed by atoms with Gasteiger partial charge < -0.3 is 10.1 Å². The largest absolute Gasteiger partial charge is 0.496 e. The first-order chi connectivity index (χ1) is 15.4. The SMILES string of the molecule is COc1cc(C)c(S(=O)(=O)Nc2cccc(NC(=O)c3ccc(C(C)(C)C)cc3)c2)cc1C. The zero-order valence-corrected chi connectivity index (χ0v) is 20.6. The third-order valence-corrected chi connectivity index (χ3v) is 6.89. The van der Waals surface area contributed by atoms with E-state index >= 15 is 0 Å². The number of aryl methyl sites for hydroxylation is 2. The molecule has 7 heteroatoms. The van der Waals surface area contributed by atoms with E-state index in [4.69, 9.17) is 4.74 Å². The van der Waals surface area contributed by atoms with Crippen LogP contribution in [0.1, 0.15) is 47.8 Å². The average molecular weight is 467 g/mol. The first-order valence-corrected chi connectivity index (χ1v) is 12.1. The van der Waals surface area contributed by atoms with Crippen LogP contribution in [0.25, 0.3) is 0 Å². The van der Waals surface area contributed by atoms with Crippen molar-refractivity contribution in [2.24, 2.45) is 0 Å². The Morgan fingerprint density at radius 3 is 2.12 bits per heavy atom. The smallest absolute Gasteiger partial charge is 0.262 e. The van der Waals surface area contributed by atoms with Crippen molar-refractivity contribution in [1.29, 1.82) is 0 Å². The zero-order chi connectivity index (χ0) is 24.4. The maximum atomic E-state index is 13.0. The summed E-state index contributed by atoms with van der Waals surface area (Å²) in [6, 6.07) is 17.4. The van der Waals surface area contributed by atoms with Crippen molar-refractivity contribution in [2.45, 2.75) is 44.9 Å². The van der Waals surface area contributed by atoms with E-state index in [0.29, 0.717) is 28.3 Å². The molecule has 0 saturated heterocycles. The second-order valence-corrected chi connectivity index (χ2v) is 10.7. The highest BCUT2D eigenvalue weighted by Crippen LogP contribution is 2.28. The molecule has 0 atom stereocenters. The van der Waals surface area contributed by atoms with Crippen molar-refractivity contribution >= 4 is 27.3 Å². The number of nitrogens with one attached hydrogen (secondary N) is 2. The van der Waals surface area contributed by atoms with E-state index in [-0.39, 0.29) is 16.2 Å². The fraction of sp³-hybridized carbons (Fsp3) is 0.269. The van der Waals surface area contributed by atoms with Gasteiger partial charge in [0.05, 0.1) is 17.7 Å². The quantitative estimate of drug-likeness (QED) is 0.491. The van der Waals surface area contributed by atoms with Crippen LogP contribution in [-0.2, 0) is 15.4 Å². The summed E-state index contributed by atoms with van der Waals surface area (Å²) >= 11 is 0. The lowest BCUT2D eigenvalue weighted by molar-refractivity contribution is 0.102. The van der Waals surface area contributed by atoms with Crippen molar-refractivity contribution in [3.05, 3.63) is 82.9 Å². The van der Waals surface area contributed by atoms with E-state index < -0.39 is 10.0 Å². The lowest BCUT2D eigenvalue weighted by atomic mass is 9.87. The third-order valence-electron chi connectivity index (χ3n) is 5.37. The highest BCUT2D eigenvalue weighted by Gasteiger charge is 2.19. The fourth-order valence-corrected chi connectivity index (χ4v) is 4.83. The second kappa shape index (κ2) is 9.27. The molecule has 174 valence electrons. The fourth-order valence-electron chi connectivity index (χ4n) is 3.47. The Morgan fingerprint density at radius 1 is 0.879 bits per heavy atom. The number of amides is 1. The topological polar surface area (TPSA) is 84.5 Å². The lowest BCUT2D eigenvalue weighted by Gasteiger charge is -2.19. The number of ether oxygens (including phenoxy) is 1. The van der Waals surface area contributed by atoms with Gasteiger partial charge in [-0.15, -0.1) is 0 Å². The minimum Gasteiger partial charge on any atom is -0.496 e. The molecule has 0 fully saturated rings. The molecule has 0 aliphatic carbocycles. The molecule has 0 aliphatic heterocycles. The molecule has 0 saturated carbocycles. The standard InChI is InChI=1S/C26H30N2O4S/c1-17-15-24(18(2)14-23(17)32-6)33(30,31)28-22-9-7-8-21(16-22)27-25(29)19-10-12-20(13-11-19)26(3,4)5/h7-16,28H,1-6H3,(H,27,29). The van der Waals surface area contributed by atoms with Gasteiger partial charge in [-0.1, -0.05) is 39.0 Å². The van der Waals surface area contributed by atoms with Crippen molar-refractivity contribution in [2.75, 3.05) is 17.1 Å². The maximum Gasteiger partial charge on any atom is 0.262 e. The molecule has 0 heterocycles. The molecule has 0 aliphatic rings. The van der Waals surface area contributed by atoms with E-state index in [0.717, 1.165) is 11.1 Å². The molecular weight excluding hydrogens is 436 g/mol. The number of benzene rings is 3. The maximum absolute atomic E-state index is 13.0. The zero-order valence-electron chi connectivity index (χ0n) is 19.8. The second-order valence-electron chi connectivity index (χ2n) is 9.06. The average Bonchev–Trinajstić information content (AvgIpc) is 2.74. The Bertz CT molecular complexity index is 1270. The van der Waals surface area contributed by atoms with Crippen LogP contribution in [0.15, 0.2) is 65.6 Å². The van der Waals surface area contributed by atoms with Gasteiger partial charge in [-0.2, -0.15) is 0 Å². The van der Waals surface area contributed by atoms with Gasteiger partial charge in [-0.3, -0.25) is 9.52 Å². The van der Waals surface area contributed by atoms with Crippen LogP contribution in [0.4, 0.5) is 11.4 Å². The van der Waals surface area contributed by atoms with Crippen molar-refractivity contribution in [1.82, 2.24) is 0 Å². The van der Waals surface area contributed by atoms with Crippen LogP contribution in [-0.4, -0.2) is 21.4 Å². The summed E-state index contributed by atoms with van der Waals surface area (Å²) in [4.78, 5) is 12.8. The van der Waals surface area contributed by atoms with Gasteiger partial charge in [-0.25, -0.2) is 8.42 Å². The summed E-state index contributed by atoms with van der Waals surface area (Å²) < 4.78 is 33.9. The Morgan fingerprint density at radius 2 is 1.52 bits per heavy atom. The van der Waals surface area contributed by atoms with Gasteiger partial charge >= 0.3 is 0 Å². The highest BCUT2D eigenvalue weighted by molar-refractivity contribution is 7.92. The molecule has 3 rings (SSSR count). The molecule has 6 nitrogen and oxygen atoms in total. The Kier molecular flexibility index (Phi) is 6.84. The molecular formula is C26H30N2O4S. The van der Waals surface area contributed by atoms with Gasteiger partial charge in [-0.05, 0) is 78.4 Å². The van der Waals surface area contributed by atoms with Gasteiger partial charge in [0.25, 0.3) is 15.9 Å². The van der Waals surface area contributed by atoms with Gasteiger partial charge in [0, 0.05) is 11.3 Å². The van der Waals surface area contributed by atoms with E-state index in [1.807, 2.05) is 12.1 Å². The molecule has 2 N–H and O–H groups in total. The molecule has 0 bridgehead atoms.